The van der Waals surface area contributed by atoms with Crippen LogP contribution in [0.25, 0.3) is 0 Å². The Hall–Kier alpha value is -4.52. The molecule has 0 aliphatic heterocycles. The van der Waals surface area contributed by atoms with Crippen LogP contribution < -0.4 is 36.1 Å². The molecule has 6 N–H and O–H groups in total. The molecule has 4 aromatic rings. The van der Waals surface area contributed by atoms with Gasteiger partial charge >= 0.3 is 6.16 Å². The van der Waals surface area contributed by atoms with Gasteiger partial charge in [-0.2, -0.15) is 0 Å². The normalized spacial score (nSPS) is 11.0. The molecule has 0 unspecified atom stereocenters. The number of anilines is 3. The van der Waals surface area contributed by atoms with Gasteiger partial charge < -0.3 is 36.1 Å². The molecule has 180 valence electrons. The van der Waals surface area contributed by atoms with E-state index in [1.807, 2.05) is 24.3 Å². The summed E-state index contributed by atoms with van der Waals surface area (Å²) in [6, 6.07) is 28.2. The molecule has 0 aromatic heterocycles. The van der Waals surface area contributed by atoms with Gasteiger partial charge in [0.05, 0.1) is 0 Å². The van der Waals surface area contributed by atoms with Crippen molar-refractivity contribution in [3.63, 3.8) is 0 Å². The fourth-order valence-corrected chi connectivity index (χ4v) is 3.32. The first-order valence-electron chi connectivity index (χ1n) is 11.3. The third-order valence-corrected chi connectivity index (χ3v) is 5.07. The fourth-order valence-electron chi connectivity index (χ4n) is 3.32. The second kappa shape index (κ2) is 10.6. The van der Waals surface area contributed by atoms with E-state index in [0.717, 1.165) is 12.8 Å². The Balaban J connectivity index is 1.75. The van der Waals surface area contributed by atoms with Crippen LogP contribution in [0.15, 0.2) is 97.1 Å². The quantitative estimate of drug-likeness (QED) is 0.203. The summed E-state index contributed by atoms with van der Waals surface area (Å²) in [4.78, 5) is 0. The van der Waals surface area contributed by atoms with Gasteiger partial charge in [0.25, 0.3) is 0 Å². The van der Waals surface area contributed by atoms with Crippen LogP contribution in [-0.2, 0) is 6.42 Å². The first-order valence-corrected chi connectivity index (χ1v) is 11.3. The number of benzene rings is 4. The SMILES string of the molecule is CCCc1ccc(OC(Oc2ccc(N)cc2)(Oc2ccc(N)cc2)Oc2ccc(N)cc2)cc1. The van der Waals surface area contributed by atoms with Crippen molar-refractivity contribution in [2.45, 2.75) is 25.9 Å². The van der Waals surface area contributed by atoms with E-state index in [-0.39, 0.29) is 0 Å². The van der Waals surface area contributed by atoms with Crippen molar-refractivity contribution < 1.29 is 18.9 Å². The molecule has 0 heterocycles. The van der Waals surface area contributed by atoms with Crippen LogP contribution in [0, 0.1) is 0 Å². The van der Waals surface area contributed by atoms with Crippen molar-refractivity contribution in [1.82, 2.24) is 0 Å². The van der Waals surface area contributed by atoms with Crippen molar-refractivity contribution in [1.29, 1.82) is 0 Å². The van der Waals surface area contributed by atoms with E-state index >= 15 is 0 Å². The van der Waals surface area contributed by atoms with Gasteiger partial charge in [0.1, 0.15) is 23.0 Å². The molecule has 4 rings (SSSR count). The molecule has 0 saturated carbocycles. The van der Waals surface area contributed by atoms with Gasteiger partial charge in [-0.05, 0) is 96.9 Å². The molecule has 7 nitrogen and oxygen atoms in total. The Bertz CT molecular complexity index is 1090. The van der Waals surface area contributed by atoms with Crippen LogP contribution in [0.1, 0.15) is 18.9 Å². The maximum Gasteiger partial charge on any atom is 0.611 e. The van der Waals surface area contributed by atoms with E-state index in [2.05, 4.69) is 6.92 Å². The van der Waals surface area contributed by atoms with Crippen LogP contribution in [0.3, 0.4) is 0 Å². The number of ether oxygens (including phenoxy) is 4. The third kappa shape index (κ3) is 6.51. The van der Waals surface area contributed by atoms with Crippen molar-refractivity contribution >= 4 is 17.1 Å². The highest BCUT2D eigenvalue weighted by Crippen LogP contribution is 2.31. The van der Waals surface area contributed by atoms with Gasteiger partial charge in [-0.1, -0.05) is 25.5 Å². The molecule has 35 heavy (non-hydrogen) atoms. The summed E-state index contributed by atoms with van der Waals surface area (Å²) in [6.07, 6.45) is -0.0171. The molecule has 0 aliphatic rings. The monoisotopic (exact) mass is 471 g/mol. The van der Waals surface area contributed by atoms with E-state index in [1.54, 1.807) is 72.8 Å². The first kappa shape index (κ1) is 23.6. The predicted molar refractivity (Wildman–Crippen MR) is 138 cm³/mol. The van der Waals surface area contributed by atoms with Crippen LogP contribution in [0.5, 0.6) is 23.0 Å². The second-order valence-electron chi connectivity index (χ2n) is 8.01. The summed E-state index contributed by atoms with van der Waals surface area (Å²) < 4.78 is 24.9. The maximum absolute atomic E-state index is 6.28. The Labute approximate surface area is 205 Å². The summed E-state index contributed by atoms with van der Waals surface area (Å²) in [5.41, 5.74) is 20.5. The standard InChI is InChI=1S/C28H29N3O4/c1-2-3-20-4-12-24(13-5-20)32-28(33-25-14-6-21(29)7-15-25,34-26-16-8-22(30)9-17-26)35-27-18-10-23(31)11-19-27/h4-19H,2-3,29-31H2,1H3. The van der Waals surface area contributed by atoms with Crippen LogP contribution >= 0.6 is 0 Å². The highest BCUT2D eigenvalue weighted by atomic mass is 17.0. The minimum Gasteiger partial charge on any atom is -0.399 e. The van der Waals surface area contributed by atoms with Gasteiger partial charge in [0.2, 0.25) is 0 Å². The molecule has 0 radical (unpaired) electrons. The molecule has 4 aromatic carbocycles. The van der Waals surface area contributed by atoms with Gasteiger partial charge in [-0.15, -0.1) is 0 Å². The molecular weight excluding hydrogens is 442 g/mol. The van der Waals surface area contributed by atoms with E-state index < -0.39 is 6.16 Å². The second-order valence-corrected chi connectivity index (χ2v) is 8.01. The van der Waals surface area contributed by atoms with E-state index in [1.165, 1.54) is 5.56 Å². The smallest absolute Gasteiger partial charge is 0.399 e. The maximum atomic E-state index is 6.28. The fraction of sp³-hybridized carbons (Fsp3) is 0.143. The lowest BCUT2D eigenvalue weighted by atomic mass is 10.1. The number of aryl methyl sites for hydroxylation is 1. The van der Waals surface area contributed by atoms with E-state index in [0.29, 0.717) is 40.1 Å². The van der Waals surface area contributed by atoms with Crippen molar-refractivity contribution in [2.75, 3.05) is 17.2 Å². The molecule has 7 heteroatoms. The van der Waals surface area contributed by atoms with E-state index in [9.17, 15) is 0 Å². The highest BCUT2D eigenvalue weighted by molar-refractivity contribution is 5.44. The zero-order valence-corrected chi connectivity index (χ0v) is 19.5. The summed E-state index contributed by atoms with van der Waals surface area (Å²) in [7, 11) is 0. The van der Waals surface area contributed by atoms with Crippen molar-refractivity contribution in [3.8, 4) is 23.0 Å². The summed E-state index contributed by atoms with van der Waals surface area (Å²) in [5, 5.41) is 0. The minimum absolute atomic E-state index is 0.424. The van der Waals surface area contributed by atoms with Gasteiger partial charge in [0.15, 0.2) is 0 Å². The average Bonchev–Trinajstić information content (AvgIpc) is 2.85. The lowest BCUT2D eigenvalue weighted by Gasteiger charge is -2.32. The van der Waals surface area contributed by atoms with Crippen molar-refractivity contribution in [3.05, 3.63) is 103 Å². The topological polar surface area (TPSA) is 115 Å². The molecule has 0 saturated heterocycles. The average molecular weight is 472 g/mol. The van der Waals surface area contributed by atoms with E-state index in [4.69, 9.17) is 36.1 Å². The Morgan fingerprint density at radius 3 is 1.06 bits per heavy atom. The first-order chi connectivity index (χ1) is 16.9. The summed E-state index contributed by atoms with van der Waals surface area (Å²) >= 11 is 0. The number of hydrogen-bond acceptors (Lipinski definition) is 7. The van der Waals surface area contributed by atoms with Crippen LogP contribution in [0.4, 0.5) is 17.1 Å². The largest absolute Gasteiger partial charge is 0.611 e. The molecule has 0 fully saturated rings. The Morgan fingerprint density at radius 1 is 0.486 bits per heavy atom. The zero-order valence-electron chi connectivity index (χ0n) is 19.5. The lowest BCUT2D eigenvalue weighted by Crippen LogP contribution is -2.53. The van der Waals surface area contributed by atoms with Crippen LogP contribution in [0.2, 0.25) is 0 Å². The Morgan fingerprint density at radius 2 is 0.771 bits per heavy atom. The number of nitrogen functional groups attached to an aromatic ring is 3. The molecule has 0 amide bonds. The number of rotatable bonds is 10. The predicted octanol–water partition coefficient (Wildman–Crippen LogP) is 5.61. The highest BCUT2D eigenvalue weighted by Gasteiger charge is 2.43. The zero-order chi connectivity index (χ0) is 24.7. The molecule has 0 bridgehead atoms. The lowest BCUT2D eigenvalue weighted by molar-refractivity contribution is -0.367. The van der Waals surface area contributed by atoms with Crippen LogP contribution in [-0.4, -0.2) is 6.16 Å². The third-order valence-electron chi connectivity index (χ3n) is 5.07. The molecule has 0 aliphatic carbocycles. The minimum atomic E-state index is -2.03. The van der Waals surface area contributed by atoms with Gasteiger partial charge in [-0.25, -0.2) is 0 Å². The van der Waals surface area contributed by atoms with Crippen molar-refractivity contribution in [2.24, 2.45) is 0 Å². The van der Waals surface area contributed by atoms with Gasteiger partial charge in [0, 0.05) is 17.1 Å². The summed E-state index contributed by atoms with van der Waals surface area (Å²) in [5.74, 6) is 1.76. The molecular formula is C28H29N3O4. The molecule has 0 atom stereocenters. The number of hydrogen-bond donors (Lipinski definition) is 3. The number of nitrogens with two attached hydrogens (primary N) is 3. The summed E-state index contributed by atoms with van der Waals surface area (Å²) in [6.45, 7) is 2.14. The molecule has 0 spiro atoms. The Kier molecular flexibility index (Phi) is 7.16. The van der Waals surface area contributed by atoms with Gasteiger partial charge in [-0.3, -0.25) is 0 Å².